The van der Waals surface area contributed by atoms with Gasteiger partial charge in [0.2, 0.25) is 0 Å². The second-order valence-electron chi connectivity index (χ2n) is 5.51. The number of carbonyl (C=O) groups is 1. The zero-order chi connectivity index (χ0) is 14.0. The molecule has 0 aliphatic carbocycles. The number of hydrogen-bond donors (Lipinski definition) is 2. The summed E-state index contributed by atoms with van der Waals surface area (Å²) in [6.45, 7) is 6.20. The fourth-order valence-electron chi connectivity index (χ4n) is 2.66. The molecule has 2 heterocycles. The molecule has 19 heavy (non-hydrogen) atoms. The van der Waals surface area contributed by atoms with E-state index in [9.17, 15) is 9.90 Å². The van der Waals surface area contributed by atoms with Gasteiger partial charge in [0, 0.05) is 13.1 Å². The highest BCUT2D eigenvalue weighted by molar-refractivity contribution is 5.94. The lowest BCUT2D eigenvalue weighted by Crippen LogP contribution is -2.36. The van der Waals surface area contributed by atoms with E-state index in [0.29, 0.717) is 17.4 Å². The van der Waals surface area contributed by atoms with Crippen LogP contribution in [0.4, 0.5) is 11.5 Å². The molecule has 1 fully saturated rings. The van der Waals surface area contributed by atoms with E-state index >= 15 is 0 Å². The van der Waals surface area contributed by atoms with Crippen LogP contribution in [0.1, 0.15) is 37.0 Å². The SMILES string of the molecule is CC(C)C1CCN(c2ncc(N)cc2C(=O)O)CC1. The lowest BCUT2D eigenvalue weighted by Gasteiger charge is -2.35. The van der Waals surface area contributed by atoms with Crippen molar-refractivity contribution in [2.75, 3.05) is 23.7 Å². The van der Waals surface area contributed by atoms with Crippen LogP contribution in [0.15, 0.2) is 12.3 Å². The van der Waals surface area contributed by atoms with Crippen LogP contribution in [0.25, 0.3) is 0 Å². The van der Waals surface area contributed by atoms with Crippen LogP contribution in [0, 0.1) is 11.8 Å². The molecule has 0 bridgehead atoms. The molecule has 1 aromatic rings. The third kappa shape index (κ3) is 2.97. The third-order valence-electron chi connectivity index (χ3n) is 3.90. The Balaban J connectivity index is 2.17. The lowest BCUT2D eigenvalue weighted by atomic mass is 9.86. The van der Waals surface area contributed by atoms with Crippen LogP contribution in [0.3, 0.4) is 0 Å². The Hall–Kier alpha value is -1.78. The second kappa shape index (κ2) is 5.47. The molecule has 5 nitrogen and oxygen atoms in total. The van der Waals surface area contributed by atoms with Crippen molar-refractivity contribution in [3.8, 4) is 0 Å². The Labute approximate surface area is 113 Å². The van der Waals surface area contributed by atoms with Gasteiger partial charge in [0.1, 0.15) is 11.4 Å². The summed E-state index contributed by atoms with van der Waals surface area (Å²) in [6.07, 6.45) is 3.70. The van der Waals surface area contributed by atoms with Crippen molar-refractivity contribution in [1.82, 2.24) is 4.98 Å². The Morgan fingerprint density at radius 2 is 2.11 bits per heavy atom. The number of rotatable bonds is 3. The fourth-order valence-corrected chi connectivity index (χ4v) is 2.66. The number of anilines is 2. The van der Waals surface area contributed by atoms with Gasteiger partial charge in [-0.25, -0.2) is 9.78 Å². The van der Waals surface area contributed by atoms with Gasteiger partial charge in [0.05, 0.1) is 11.9 Å². The van der Waals surface area contributed by atoms with E-state index in [1.807, 2.05) is 0 Å². The van der Waals surface area contributed by atoms with Gasteiger partial charge in [0.15, 0.2) is 0 Å². The van der Waals surface area contributed by atoms with Crippen LogP contribution in [-0.2, 0) is 0 Å². The van der Waals surface area contributed by atoms with Crippen LogP contribution < -0.4 is 10.6 Å². The average molecular weight is 263 g/mol. The van der Waals surface area contributed by atoms with Crippen LogP contribution in [-0.4, -0.2) is 29.1 Å². The van der Waals surface area contributed by atoms with Crippen molar-refractivity contribution in [2.45, 2.75) is 26.7 Å². The van der Waals surface area contributed by atoms with E-state index < -0.39 is 5.97 Å². The maximum atomic E-state index is 11.3. The van der Waals surface area contributed by atoms with E-state index in [1.54, 1.807) is 0 Å². The van der Waals surface area contributed by atoms with E-state index in [0.717, 1.165) is 31.8 Å². The molecular formula is C14H21N3O2. The zero-order valence-corrected chi connectivity index (χ0v) is 11.5. The Kier molecular flexibility index (Phi) is 3.93. The zero-order valence-electron chi connectivity index (χ0n) is 11.5. The van der Waals surface area contributed by atoms with Crippen molar-refractivity contribution in [3.05, 3.63) is 17.8 Å². The molecule has 0 radical (unpaired) electrons. The molecule has 0 saturated carbocycles. The van der Waals surface area contributed by atoms with Gasteiger partial charge in [-0.2, -0.15) is 0 Å². The van der Waals surface area contributed by atoms with Crippen LogP contribution in [0.2, 0.25) is 0 Å². The number of pyridine rings is 1. The van der Waals surface area contributed by atoms with Gasteiger partial charge in [0.25, 0.3) is 0 Å². The summed E-state index contributed by atoms with van der Waals surface area (Å²) in [4.78, 5) is 17.5. The van der Waals surface area contributed by atoms with Crippen LogP contribution in [0.5, 0.6) is 0 Å². The number of aromatic carboxylic acids is 1. The molecule has 1 aliphatic heterocycles. The molecular weight excluding hydrogens is 242 g/mol. The van der Waals surface area contributed by atoms with Gasteiger partial charge >= 0.3 is 5.97 Å². The minimum absolute atomic E-state index is 0.197. The summed E-state index contributed by atoms with van der Waals surface area (Å²) in [5, 5.41) is 9.24. The van der Waals surface area contributed by atoms with E-state index in [4.69, 9.17) is 5.73 Å². The molecule has 0 unspecified atom stereocenters. The number of nitrogens with two attached hydrogens (primary N) is 1. The van der Waals surface area contributed by atoms with E-state index in [1.165, 1.54) is 12.3 Å². The predicted molar refractivity (Wildman–Crippen MR) is 75.4 cm³/mol. The standard InChI is InChI=1S/C14H21N3O2/c1-9(2)10-3-5-17(6-4-10)13-12(14(18)19)7-11(15)8-16-13/h7-10H,3-6,15H2,1-2H3,(H,18,19). The first-order valence-corrected chi connectivity index (χ1v) is 6.72. The highest BCUT2D eigenvalue weighted by Gasteiger charge is 2.25. The first kappa shape index (κ1) is 13.6. The molecule has 2 rings (SSSR count). The molecule has 3 N–H and O–H groups in total. The smallest absolute Gasteiger partial charge is 0.339 e. The van der Waals surface area contributed by atoms with E-state index in [-0.39, 0.29) is 5.56 Å². The summed E-state index contributed by atoms with van der Waals surface area (Å²) in [5.74, 6) is 0.975. The van der Waals surface area contributed by atoms with Crippen molar-refractivity contribution < 1.29 is 9.90 Å². The minimum Gasteiger partial charge on any atom is -0.478 e. The van der Waals surface area contributed by atoms with Gasteiger partial charge in [-0.3, -0.25) is 0 Å². The van der Waals surface area contributed by atoms with Gasteiger partial charge in [-0.15, -0.1) is 0 Å². The maximum absolute atomic E-state index is 11.3. The first-order valence-electron chi connectivity index (χ1n) is 6.72. The number of carboxylic acid groups (broad SMARTS) is 1. The normalized spacial score (nSPS) is 16.9. The average Bonchev–Trinajstić information content (AvgIpc) is 2.38. The highest BCUT2D eigenvalue weighted by Crippen LogP contribution is 2.29. The maximum Gasteiger partial charge on any atom is 0.339 e. The van der Waals surface area contributed by atoms with Crippen molar-refractivity contribution in [3.63, 3.8) is 0 Å². The fraction of sp³-hybridized carbons (Fsp3) is 0.571. The molecule has 0 amide bonds. The van der Waals surface area contributed by atoms with Crippen molar-refractivity contribution in [1.29, 1.82) is 0 Å². The summed E-state index contributed by atoms with van der Waals surface area (Å²) in [7, 11) is 0. The number of carboxylic acids is 1. The molecule has 0 spiro atoms. The predicted octanol–water partition coefficient (Wildman–Crippen LogP) is 2.23. The highest BCUT2D eigenvalue weighted by atomic mass is 16.4. The molecule has 1 aromatic heterocycles. The topological polar surface area (TPSA) is 79.5 Å². The summed E-state index contributed by atoms with van der Waals surface area (Å²) in [5.41, 5.74) is 6.20. The lowest BCUT2D eigenvalue weighted by molar-refractivity contribution is 0.0697. The quantitative estimate of drug-likeness (QED) is 0.874. The molecule has 0 atom stereocenters. The third-order valence-corrected chi connectivity index (χ3v) is 3.90. The number of nitrogens with zero attached hydrogens (tertiary/aromatic N) is 2. The molecule has 0 aromatic carbocycles. The van der Waals surface area contributed by atoms with E-state index in [2.05, 4.69) is 23.7 Å². The number of nitrogen functional groups attached to an aromatic ring is 1. The van der Waals surface area contributed by atoms with Crippen molar-refractivity contribution in [2.24, 2.45) is 11.8 Å². The number of hydrogen-bond acceptors (Lipinski definition) is 4. The molecule has 1 aliphatic rings. The Morgan fingerprint density at radius 3 is 2.63 bits per heavy atom. The monoisotopic (exact) mass is 263 g/mol. The minimum atomic E-state index is -0.971. The summed E-state index contributed by atoms with van der Waals surface area (Å²) in [6, 6.07) is 1.49. The Morgan fingerprint density at radius 1 is 1.47 bits per heavy atom. The summed E-state index contributed by atoms with van der Waals surface area (Å²) >= 11 is 0. The van der Waals surface area contributed by atoms with Gasteiger partial charge in [-0.1, -0.05) is 13.8 Å². The number of aromatic nitrogens is 1. The number of piperidine rings is 1. The molecule has 5 heteroatoms. The van der Waals surface area contributed by atoms with Gasteiger partial charge in [-0.05, 0) is 30.7 Å². The van der Waals surface area contributed by atoms with Crippen LogP contribution >= 0.6 is 0 Å². The van der Waals surface area contributed by atoms with Crippen molar-refractivity contribution >= 4 is 17.5 Å². The Bertz CT molecular complexity index is 466. The summed E-state index contributed by atoms with van der Waals surface area (Å²) < 4.78 is 0. The van der Waals surface area contributed by atoms with Gasteiger partial charge < -0.3 is 15.7 Å². The largest absolute Gasteiger partial charge is 0.478 e. The molecule has 104 valence electrons. The second-order valence-corrected chi connectivity index (χ2v) is 5.51. The molecule has 1 saturated heterocycles. The first-order chi connectivity index (χ1) is 8.99.